The zero-order valence-electron chi connectivity index (χ0n) is 16.0. The van der Waals surface area contributed by atoms with Crippen molar-refractivity contribution in [1.82, 2.24) is 4.31 Å². The molecule has 0 aromatic heterocycles. The molecule has 0 atom stereocenters. The number of nitrogens with one attached hydrogen (secondary N) is 1. The van der Waals surface area contributed by atoms with Crippen LogP contribution in [0.15, 0.2) is 41.3 Å². The van der Waals surface area contributed by atoms with Crippen molar-refractivity contribution in [1.29, 1.82) is 0 Å². The van der Waals surface area contributed by atoms with E-state index in [9.17, 15) is 13.2 Å². The van der Waals surface area contributed by atoms with Gasteiger partial charge < -0.3 is 10.1 Å². The Hall–Kier alpha value is -1.80. The minimum Gasteiger partial charge on any atom is -0.492 e. The zero-order valence-corrected chi connectivity index (χ0v) is 18.3. The van der Waals surface area contributed by atoms with Crippen LogP contribution in [0.1, 0.15) is 36.5 Å². The molecule has 0 bridgehead atoms. The molecule has 1 N–H and O–H groups in total. The molecule has 2 aromatic rings. The van der Waals surface area contributed by atoms with Crippen LogP contribution in [-0.4, -0.2) is 38.3 Å². The fraction of sp³-hybridized carbons (Fsp3) is 0.350. The number of hydrogen-bond acceptors (Lipinski definition) is 4. The third-order valence-corrected chi connectivity index (χ3v) is 7.36. The molecule has 0 spiro atoms. The van der Waals surface area contributed by atoms with Crippen molar-refractivity contribution in [2.45, 2.75) is 31.1 Å². The van der Waals surface area contributed by atoms with E-state index < -0.39 is 15.9 Å². The lowest BCUT2D eigenvalue weighted by Crippen LogP contribution is -2.35. The van der Waals surface area contributed by atoms with Gasteiger partial charge in [0.1, 0.15) is 5.75 Å². The van der Waals surface area contributed by atoms with Crippen LogP contribution in [-0.2, 0) is 10.0 Å². The molecule has 0 aliphatic carbocycles. The Morgan fingerprint density at radius 3 is 2.55 bits per heavy atom. The lowest BCUT2D eigenvalue weighted by Gasteiger charge is -2.26. The number of sulfonamides is 1. The van der Waals surface area contributed by atoms with Gasteiger partial charge in [-0.15, -0.1) is 0 Å². The highest BCUT2D eigenvalue weighted by molar-refractivity contribution is 7.89. The van der Waals surface area contributed by atoms with E-state index in [0.717, 1.165) is 19.3 Å². The van der Waals surface area contributed by atoms with E-state index in [0.29, 0.717) is 25.4 Å². The van der Waals surface area contributed by atoms with Gasteiger partial charge in [-0.2, -0.15) is 4.31 Å². The summed E-state index contributed by atoms with van der Waals surface area (Å²) in [5.74, 6) is -0.137. The van der Waals surface area contributed by atoms with Crippen molar-refractivity contribution in [2.75, 3.05) is 25.0 Å². The highest BCUT2D eigenvalue weighted by atomic mass is 35.5. The number of piperidine rings is 1. The summed E-state index contributed by atoms with van der Waals surface area (Å²) in [5, 5.41) is 3.09. The Morgan fingerprint density at radius 1 is 1.14 bits per heavy atom. The molecule has 1 aliphatic rings. The summed E-state index contributed by atoms with van der Waals surface area (Å²) in [7, 11) is -3.65. The molecule has 29 heavy (non-hydrogen) atoms. The van der Waals surface area contributed by atoms with E-state index in [1.807, 2.05) is 0 Å². The van der Waals surface area contributed by atoms with E-state index in [-0.39, 0.29) is 26.2 Å². The summed E-state index contributed by atoms with van der Waals surface area (Å²) in [5.41, 5.74) is 0.442. The molecular weight excluding hydrogens is 435 g/mol. The van der Waals surface area contributed by atoms with Crippen LogP contribution in [0.2, 0.25) is 10.0 Å². The Balaban J connectivity index is 1.95. The van der Waals surface area contributed by atoms with Crippen molar-refractivity contribution >= 4 is 44.8 Å². The van der Waals surface area contributed by atoms with E-state index >= 15 is 0 Å². The minimum atomic E-state index is -3.65. The number of hydrogen-bond donors (Lipinski definition) is 1. The lowest BCUT2D eigenvalue weighted by molar-refractivity contribution is 0.102. The zero-order chi connectivity index (χ0) is 21.0. The number of benzene rings is 2. The molecule has 3 rings (SSSR count). The van der Waals surface area contributed by atoms with E-state index in [2.05, 4.69) is 5.32 Å². The fourth-order valence-corrected chi connectivity index (χ4v) is 5.10. The second-order valence-corrected chi connectivity index (χ2v) is 9.33. The summed E-state index contributed by atoms with van der Waals surface area (Å²) >= 11 is 12.1. The third kappa shape index (κ3) is 4.86. The Morgan fingerprint density at radius 2 is 1.86 bits per heavy atom. The number of carbonyl (C=O) groups is 1. The normalized spacial score (nSPS) is 15.1. The van der Waals surface area contributed by atoms with Crippen LogP contribution in [0.3, 0.4) is 0 Å². The fourth-order valence-electron chi connectivity index (χ4n) is 3.17. The van der Waals surface area contributed by atoms with Crippen molar-refractivity contribution in [3.63, 3.8) is 0 Å². The van der Waals surface area contributed by atoms with Crippen LogP contribution in [0.25, 0.3) is 0 Å². The maximum atomic E-state index is 13.0. The van der Waals surface area contributed by atoms with Gasteiger partial charge in [-0.05, 0) is 50.1 Å². The monoisotopic (exact) mass is 456 g/mol. The molecule has 1 aliphatic heterocycles. The van der Waals surface area contributed by atoms with Crippen molar-refractivity contribution in [2.24, 2.45) is 0 Å². The number of amides is 1. The smallest absolute Gasteiger partial charge is 0.257 e. The van der Waals surface area contributed by atoms with Gasteiger partial charge in [-0.1, -0.05) is 35.7 Å². The first kappa shape index (κ1) is 21.9. The van der Waals surface area contributed by atoms with Crippen LogP contribution < -0.4 is 10.1 Å². The van der Waals surface area contributed by atoms with E-state index in [1.165, 1.54) is 22.5 Å². The number of anilines is 1. The standard InChI is InChI=1S/C20H22Cl2N2O4S/c1-2-28-18-10-9-14(29(26,27)24-11-4-3-5-12-24)13-17(18)23-20(25)15-7-6-8-16(21)19(15)22/h6-10,13H,2-5,11-12H2,1H3,(H,23,25). The van der Waals surface area contributed by atoms with Gasteiger partial charge in [0.2, 0.25) is 10.0 Å². The largest absolute Gasteiger partial charge is 0.492 e. The molecule has 2 aromatic carbocycles. The first-order valence-corrected chi connectivity index (χ1v) is 11.6. The molecule has 1 amide bonds. The molecule has 6 nitrogen and oxygen atoms in total. The Bertz CT molecular complexity index is 1010. The van der Waals surface area contributed by atoms with Crippen molar-refractivity contribution < 1.29 is 17.9 Å². The van der Waals surface area contributed by atoms with Gasteiger partial charge >= 0.3 is 0 Å². The van der Waals surface area contributed by atoms with Gasteiger partial charge in [0, 0.05) is 13.1 Å². The van der Waals surface area contributed by atoms with Crippen LogP contribution in [0, 0.1) is 0 Å². The lowest BCUT2D eigenvalue weighted by atomic mass is 10.2. The SMILES string of the molecule is CCOc1ccc(S(=O)(=O)N2CCCCC2)cc1NC(=O)c1cccc(Cl)c1Cl. The highest BCUT2D eigenvalue weighted by Crippen LogP contribution is 2.32. The average Bonchev–Trinajstić information content (AvgIpc) is 2.72. The van der Waals surface area contributed by atoms with Crippen LogP contribution >= 0.6 is 23.2 Å². The topological polar surface area (TPSA) is 75.7 Å². The molecule has 0 unspecified atom stereocenters. The molecule has 156 valence electrons. The maximum Gasteiger partial charge on any atom is 0.257 e. The first-order valence-electron chi connectivity index (χ1n) is 9.37. The Kier molecular flexibility index (Phi) is 7.05. The quantitative estimate of drug-likeness (QED) is 0.675. The Labute approximate surface area is 180 Å². The predicted molar refractivity (Wildman–Crippen MR) is 115 cm³/mol. The van der Waals surface area contributed by atoms with E-state index in [4.69, 9.17) is 27.9 Å². The van der Waals surface area contributed by atoms with Gasteiger partial charge in [0.15, 0.2) is 0 Å². The maximum absolute atomic E-state index is 13.0. The van der Waals surface area contributed by atoms with Gasteiger partial charge in [-0.3, -0.25) is 4.79 Å². The molecular formula is C20H22Cl2N2O4S. The molecule has 9 heteroatoms. The molecule has 1 fully saturated rings. The summed E-state index contributed by atoms with van der Waals surface area (Å²) in [6.45, 7) is 3.15. The highest BCUT2D eigenvalue weighted by Gasteiger charge is 2.27. The molecule has 1 heterocycles. The first-order chi connectivity index (χ1) is 13.8. The number of halogens is 2. The number of nitrogens with zero attached hydrogens (tertiary/aromatic N) is 1. The van der Waals surface area contributed by atoms with Crippen molar-refractivity contribution in [3.05, 3.63) is 52.0 Å². The predicted octanol–water partition coefficient (Wildman–Crippen LogP) is 4.82. The van der Waals surface area contributed by atoms with E-state index in [1.54, 1.807) is 25.1 Å². The summed E-state index contributed by atoms with van der Waals surface area (Å²) < 4.78 is 33.0. The number of rotatable bonds is 6. The minimum absolute atomic E-state index is 0.107. The second-order valence-electron chi connectivity index (χ2n) is 6.61. The molecule has 0 saturated carbocycles. The second kappa shape index (κ2) is 9.34. The van der Waals surface area contributed by atoms with Crippen LogP contribution in [0.4, 0.5) is 5.69 Å². The summed E-state index contributed by atoms with van der Waals surface area (Å²) in [6, 6.07) is 9.21. The molecule has 0 radical (unpaired) electrons. The van der Waals surface area contributed by atoms with Crippen molar-refractivity contribution in [3.8, 4) is 5.75 Å². The number of carbonyl (C=O) groups excluding carboxylic acids is 1. The summed E-state index contributed by atoms with van der Waals surface area (Å²) in [4.78, 5) is 12.8. The molecule has 1 saturated heterocycles. The summed E-state index contributed by atoms with van der Waals surface area (Å²) in [6.07, 6.45) is 2.71. The van der Waals surface area contributed by atoms with Gasteiger partial charge in [0.05, 0.1) is 32.8 Å². The van der Waals surface area contributed by atoms with Gasteiger partial charge in [0.25, 0.3) is 5.91 Å². The van der Waals surface area contributed by atoms with Gasteiger partial charge in [-0.25, -0.2) is 8.42 Å². The average molecular weight is 457 g/mol. The third-order valence-electron chi connectivity index (χ3n) is 4.65. The number of ether oxygens (including phenoxy) is 1. The van der Waals surface area contributed by atoms with Crippen LogP contribution in [0.5, 0.6) is 5.75 Å².